The number of amides is 1. The number of halogens is 2. The van der Waals surface area contributed by atoms with Gasteiger partial charge in [-0.05, 0) is 43.7 Å². The number of hydrogen-bond donors (Lipinski definition) is 1. The fraction of sp³-hybridized carbons (Fsp3) is 0.263. The van der Waals surface area contributed by atoms with Gasteiger partial charge in [0, 0.05) is 0 Å². The highest BCUT2D eigenvalue weighted by molar-refractivity contribution is 7.18. The number of likely N-dealkylation sites (tertiary alicyclic amines) is 1. The van der Waals surface area contributed by atoms with Gasteiger partial charge in [0.2, 0.25) is 5.91 Å². The summed E-state index contributed by atoms with van der Waals surface area (Å²) in [5, 5.41) is 4.80. The standard InChI is InChI=1S/C19H17Cl2N3OS/c20-12-5-3-6-13(21)18(12)23-17(25)11-24-10-4-8-15(24)19-22-14-7-1-2-9-16(14)26-19/h1-3,5-7,9,15H,4,8,10-11H2,(H,23,25)/t15-/m0/s1. The van der Waals surface area contributed by atoms with Crippen molar-refractivity contribution in [1.29, 1.82) is 0 Å². The molecule has 0 aliphatic carbocycles. The Kier molecular flexibility index (Phi) is 5.14. The van der Waals surface area contributed by atoms with Crippen LogP contribution >= 0.6 is 34.5 Å². The Balaban J connectivity index is 1.49. The summed E-state index contributed by atoms with van der Waals surface area (Å²) < 4.78 is 1.18. The first-order valence-electron chi connectivity index (χ1n) is 8.45. The van der Waals surface area contributed by atoms with Crippen LogP contribution in [0.25, 0.3) is 10.2 Å². The molecule has 1 atom stereocenters. The number of fused-ring (bicyclic) bond motifs is 1. The highest BCUT2D eigenvalue weighted by Crippen LogP contribution is 2.36. The first-order valence-corrected chi connectivity index (χ1v) is 10.0. The van der Waals surface area contributed by atoms with Crippen LogP contribution < -0.4 is 5.32 Å². The molecular formula is C19H17Cl2N3OS. The van der Waals surface area contributed by atoms with E-state index in [-0.39, 0.29) is 11.9 Å². The minimum Gasteiger partial charge on any atom is -0.322 e. The predicted molar refractivity (Wildman–Crippen MR) is 108 cm³/mol. The summed E-state index contributed by atoms with van der Waals surface area (Å²) in [5.41, 5.74) is 1.49. The van der Waals surface area contributed by atoms with Crippen molar-refractivity contribution in [3.05, 3.63) is 57.5 Å². The molecule has 4 nitrogen and oxygen atoms in total. The molecule has 1 fully saturated rings. The molecule has 0 bridgehead atoms. The number of thiazole rings is 1. The molecule has 1 amide bonds. The normalized spacial score (nSPS) is 17.7. The van der Waals surface area contributed by atoms with E-state index in [0.29, 0.717) is 22.3 Å². The summed E-state index contributed by atoms with van der Waals surface area (Å²) in [6.45, 7) is 1.17. The second-order valence-electron chi connectivity index (χ2n) is 6.29. The summed E-state index contributed by atoms with van der Waals surface area (Å²) in [5.74, 6) is -0.118. The number of nitrogens with one attached hydrogen (secondary N) is 1. The molecule has 26 heavy (non-hydrogen) atoms. The number of hydrogen-bond acceptors (Lipinski definition) is 4. The average molecular weight is 406 g/mol. The highest BCUT2D eigenvalue weighted by Gasteiger charge is 2.30. The molecule has 4 rings (SSSR count). The Bertz CT molecular complexity index is 906. The van der Waals surface area contributed by atoms with Crippen molar-refractivity contribution < 1.29 is 4.79 Å². The lowest BCUT2D eigenvalue weighted by molar-refractivity contribution is -0.117. The molecule has 3 aromatic rings. The Morgan fingerprint density at radius 3 is 2.73 bits per heavy atom. The lowest BCUT2D eigenvalue weighted by Gasteiger charge is -2.22. The fourth-order valence-corrected chi connectivity index (χ4v) is 4.94. The van der Waals surface area contributed by atoms with Crippen LogP contribution in [0.3, 0.4) is 0 Å². The lowest BCUT2D eigenvalue weighted by Crippen LogP contribution is -2.33. The van der Waals surface area contributed by atoms with E-state index in [1.807, 2.05) is 18.2 Å². The van der Waals surface area contributed by atoms with Crippen LogP contribution in [0.2, 0.25) is 10.0 Å². The summed E-state index contributed by atoms with van der Waals surface area (Å²) >= 11 is 14.0. The van der Waals surface area contributed by atoms with Gasteiger partial charge >= 0.3 is 0 Å². The summed E-state index contributed by atoms with van der Waals surface area (Å²) in [6.07, 6.45) is 2.07. The molecule has 0 saturated carbocycles. The number of anilines is 1. The molecule has 1 aromatic heterocycles. The third-order valence-corrected chi connectivity index (χ3v) is 6.30. The molecule has 1 saturated heterocycles. The monoisotopic (exact) mass is 405 g/mol. The lowest BCUT2D eigenvalue weighted by atomic mass is 10.2. The Hall–Kier alpha value is -1.66. The number of carbonyl (C=O) groups is 1. The summed E-state index contributed by atoms with van der Waals surface area (Å²) in [4.78, 5) is 19.5. The number of aromatic nitrogens is 1. The molecule has 1 aliphatic heterocycles. The van der Waals surface area contributed by atoms with Gasteiger partial charge in [-0.15, -0.1) is 11.3 Å². The first-order chi connectivity index (χ1) is 12.6. The number of carbonyl (C=O) groups excluding carboxylic acids is 1. The van der Waals surface area contributed by atoms with Crippen LogP contribution in [0.4, 0.5) is 5.69 Å². The molecule has 0 spiro atoms. The Morgan fingerprint density at radius 1 is 1.19 bits per heavy atom. The first kappa shape index (κ1) is 17.7. The summed E-state index contributed by atoms with van der Waals surface area (Å²) in [6, 6.07) is 13.5. The third-order valence-electron chi connectivity index (χ3n) is 4.53. The molecular weight excluding hydrogens is 389 g/mol. The largest absolute Gasteiger partial charge is 0.322 e. The van der Waals surface area contributed by atoms with Gasteiger partial charge in [-0.1, -0.05) is 41.4 Å². The Morgan fingerprint density at radius 2 is 1.96 bits per heavy atom. The van der Waals surface area contributed by atoms with E-state index in [4.69, 9.17) is 28.2 Å². The van der Waals surface area contributed by atoms with Gasteiger partial charge in [0.05, 0.1) is 38.5 Å². The quantitative estimate of drug-likeness (QED) is 0.633. The number of benzene rings is 2. The van der Waals surface area contributed by atoms with Crippen LogP contribution in [-0.2, 0) is 4.79 Å². The van der Waals surface area contributed by atoms with E-state index in [9.17, 15) is 4.79 Å². The van der Waals surface area contributed by atoms with Crippen molar-refractivity contribution in [2.75, 3.05) is 18.4 Å². The van der Waals surface area contributed by atoms with Crippen molar-refractivity contribution in [2.45, 2.75) is 18.9 Å². The van der Waals surface area contributed by atoms with Gasteiger partial charge < -0.3 is 5.32 Å². The zero-order valence-corrected chi connectivity index (χ0v) is 16.2. The molecule has 2 heterocycles. The van der Waals surface area contributed by atoms with Crippen molar-refractivity contribution in [3.8, 4) is 0 Å². The van der Waals surface area contributed by atoms with Crippen molar-refractivity contribution in [1.82, 2.24) is 9.88 Å². The van der Waals surface area contributed by atoms with Gasteiger partial charge in [0.1, 0.15) is 5.01 Å². The minimum absolute atomic E-state index is 0.118. The van der Waals surface area contributed by atoms with Gasteiger partial charge in [0.15, 0.2) is 0 Å². The SMILES string of the molecule is O=C(CN1CCC[C@H]1c1nc2ccccc2s1)Nc1c(Cl)cccc1Cl. The van der Waals surface area contributed by atoms with Gasteiger partial charge in [0.25, 0.3) is 0 Å². The average Bonchev–Trinajstić information content (AvgIpc) is 3.24. The predicted octanol–water partition coefficient (Wildman–Crippen LogP) is 5.38. The molecule has 1 N–H and O–H groups in total. The zero-order valence-electron chi connectivity index (χ0n) is 13.9. The van der Waals surface area contributed by atoms with Gasteiger partial charge in [-0.25, -0.2) is 4.98 Å². The molecule has 0 radical (unpaired) electrons. The molecule has 134 valence electrons. The zero-order chi connectivity index (χ0) is 18.1. The van der Waals surface area contributed by atoms with Crippen LogP contribution in [0.15, 0.2) is 42.5 Å². The van der Waals surface area contributed by atoms with Crippen LogP contribution in [0.5, 0.6) is 0 Å². The maximum absolute atomic E-state index is 12.5. The van der Waals surface area contributed by atoms with Crippen LogP contribution in [0, 0.1) is 0 Å². The van der Waals surface area contributed by atoms with E-state index in [2.05, 4.69) is 16.3 Å². The van der Waals surface area contributed by atoms with E-state index in [1.165, 1.54) is 4.70 Å². The number of para-hydroxylation sites is 2. The maximum Gasteiger partial charge on any atom is 0.238 e. The maximum atomic E-state index is 12.5. The molecule has 0 unspecified atom stereocenters. The highest BCUT2D eigenvalue weighted by atomic mass is 35.5. The smallest absolute Gasteiger partial charge is 0.238 e. The van der Waals surface area contributed by atoms with Crippen molar-refractivity contribution >= 4 is 56.3 Å². The molecule has 1 aliphatic rings. The molecule has 7 heteroatoms. The summed E-state index contributed by atoms with van der Waals surface area (Å²) in [7, 11) is 0. The van der Waals surface area contributed by atoms with Crippen molar-refractivity contribution in [2.24, 2.45) is 0 Å². The van der Waals surface area contributed by atoms with Crippen molar-refractivity contribution in [3.63, 3.8) is 0 Å². The van der Waals surface area contributed by atoms with E-state index < -0.39 is 0 Å². The third kappa shape index (κ3) is 3.58. The number of rotatable bonds is 4. The van der Waals surface area contributed by atoms with Crippen LogP contribution in [-0.4, -0.2) is 28.9 Å². The second kappa shape index (κ2) is 7.53. The van der Waals surface area contributed by atoms with E-state index in [0.717, 1.165) is 29.9 Å². The Labute approximate surface area is 165 Å². The van der Waals surface area contributed by atoms with Crippen LogP contribution in [0.1, 0.15) is 23.9 Å². The van der Waals surface area contributed by atoms with Gasteiger partial charge in [-0.2, -0.15) is 0 Å². The second-order valence-corrected chi connectivity index (χ2v) is 8.17. The van der Waals surface area contributed by atoms with E-state index >= 15 is 0 Å². The number of nitrogens with zero attached hydrogens (tertiary/aromatic N) is 2. The molecule has 2 aromatic carbocycles. The minimum atomic E-state index is -0.118. The topological polar surface area (TPSA) is 45.2 Å². The fourth-order valence-electron chi connectivity index (χ4n) is 3.31. The van der Waals surface area contributed by atoms with E-state index in [1.54, 1.807) is 29.5 Å². The van der Waals surface area contributed by atoms with Gasteiger partial charge in [-0.3, -0.25) is 9.69 Å².